The zero-order chi connectivity index (χ0) is 25.7. The van der Waals surface area contributed by atoms with Gasteiger partial charge in [-0.2, -0.15) is 0 Å². The maximum absolute atomic E-state index is 13.5. The van der Waals surface area contributed by atoms with E-state index in [1.54, 1.807) is 48.5 Å². The summed E-state index contributed by atoms with van der Waals surface area (Å²) in [5.74, 6) is -0.494. The summed E-state index contributed by atoms with van der Waals surface area (Å²) in [6.07, 6.45) is 0.413. The van der Waals surface area contributed by atoms with Crippen LogP contribution in [0.2, 0.25) is 0 Å². The molecule has 1 saturated heterocycles. The number of ether oxygens (including phenoxy) is 2. The average Bonchev–Trinajstić information content (AvgIpc) is 3.27. The summed E-state index contributed by atoms with van der Waals surface area (Å²) in [5.41, 5.74) is 2.88. The largest absolute Gasteiger partial charge is 0.504 e. The number of aromatic hydroxyl groups is 1. The quantitative estimate of drug-likeness (QED) is 0.460. The van der Waals surface area contributed by atoms with Crippen LogP contribution in [0.25, 0.3) is 11.1 Å². The fourth-order valence-electron chi connectivity index (χ4n) is 4.48. The molecule has 1 fully saturated rings. The third-order valence-corrected chi connectivity index (χ3v) is 6.23. The van der Waals surface area contributed by atoms with Gasteiger partial charge in [0, 0.05) is 24.7 Å². The molecule has 0 aromatic heterocycles. The van der Waals surface area contributed by atoms with Gasteiger partial charge in [0.25, 0.3) is 5.91 Å². The monoisotopic (exact) mass is 492 g/mol. The number of benzene rings is 3. The van der Waals surface area contributed by atoms with Gasteiger partial charge < -0.3 is 19.9 Å². The van der Waals surface area contributed by atoms with E-state index in [9.17, 15) is 19.1 Å². The van der Waals surface area contributed by atoms with Crippen LogP contribution in [0.5, 0.6) is 11.5 Å². The Balaban J connectivity index is 1.44. The number of rotatable bonds is 8. The average molecular weight is 493 g/mol. The van der Waals surface area contributed by atoms with E-state index in [2.05, 4.69) is 5.32 Å². The maximum Gasteiger partial charge on any atom is 0.323 e. The first kappa shape index (κ1) is 25.2. The molecule has 0 unspecified atom stereocenters. The standard InChI is InChI=1S/C28H29FN2O5/c1-3-36-26-13-18(7-12-25(26)32)16-31-17-23(15-24(31)28(34)35-2)30-27(33)20-10-8-19(9-11-20)21-5-4-6-22(29)14-21/h4-14,23-24,32H,3,15-17H2,1-2H3,(H,30,33)/t23-,24+/m1/s1. The van der Waals surface area contributed by atoms with Crippen LogP contribution in [-0.2, 0) is 16.1 Å². The molecule has 1 aliphatic heterocycles. The van der Waals surface area contributed by atoms with Crippen molar-refractivity contribution in [2.45, 2.75) is 32.0 Å². The lowest BCUT2D eigenvalue weighted by molar-refractivity contribution is -0.146. The number of hydrogen-bond acceptors (Lipinski definition) is 6. The van der Waals surface area contributed by atoms with Gasteiger partial charge in [0.15, 0.2) is 11.5 Å². The van der Waals surface area contributed by atoms with Crippen molar-refractivity contribution in [1.82, 2.24) is 10.2 Å². The van der Waals surface area contributed by atoms with Crippen molar-refractivity contribution < 1.29 is 28.6 Å². The fourth-order valence-corrected chi connectivity index (χ4v) is 4.48. The molecule has 2 atom stereocenters. The smallest absolute Gasteiger partial charge is 0.323 e. The van der Waals surface area contributed by atoms with Gasteiger partial charge in [-0.05, 0) is 66.4 Å². The first-order chi connectivity index (χ1) is 17.4. The van der Waals surface area contributed by atoms with E-state index >= 15 is 0 Å². The maximum atomic E-state index is 13.5. The number of phenols is 1. The normalized spacial score (nSPS) is 17.5. The van der Waals surface area contributed by atoms with E-state index in [0.717, 1.165) is 16.7 Å². The molecule has 0 aliphatic carbocycles. The molecule has 1 aliphatic rings. The van der Waals surface area contributed by atoms with Crippen molar-refractivity contribution in [3.05, 3.63) is 83.7 Å². The van der Waals surface area contributed by atoms with Crippen LogP contribution in [0.15, 0.2) is 66.7 Å². The molecule has 188 valence electrons. The minimum Gasteiger partial charge on any atom is -0.504 e. The van der Waals surface area contributed by atoms with Crippen molar-refractivity contribution in [1.29, 1.82) is 0 Å². The molecule has 3 aromatic carbocycles. The number of likely N-dealkylation sites (tertiary alicyclic amines) is 1. The number of carbonyl (C=O) groups is 2. The Morgan fingerprint density at radius 3 is 2.56 bits per heavy atom. The lowest BCUT2D eigenvalue weighted by atomic mass is 10.0. The Hall–Kier alpha value is -3.91. The van der Waals surface area contributed by atoms with E-state index in [4.69, 9.17) is 9.47 Å². The third kappa shape index (κ3) is 5.83. The van der Waals surface area contributed by atoms with Crippen molar-refractivity contribution >= 4 is 11.9 Å². The van der Waals surface area contributed by atoms with Crippen molar-refractivity contribution in [3.63, 3.8) is 0 Å². The van der Waals surface area contributed by atoms with Crippen LogP contribution >= 0.6 is 0 Å². The van der Waals surface area contributed by atoms with Crippen molar-refractivity contribution in [2.24, 2.45) is 0 Å². The van der Waals surface area contributed by atoms with Gasteiger partial charge in [-0.3, -0.25) is 14.5 Å². The molecule has 36 heavy (non-hydrogen) atoms. The topological polar surface area (TPSA) is 88.1 Å². The Bertz CT molecular complexity index is 1230. The van der Waals surface area contributed by atoms with Gasteiger partial charge in [0.2, 0.25) is 0 Å². The van der Waals surface area contributed by atoms with Crippen LogP contribution in [-0.4, -0.2) is 54.2 Å². The number of esters is 1. The van der Waals surface area contributed by atoms with Gasteiger partial charge >= 0.3 is 5.97 Å². The summed E-state index contributed by atoms with van der Waals surface area (Å²) in [6, 6.07) is 17.6. The molecule has 7 nitrogen and oxygen atoms in total. The molecular weight excluding hydrogens is 463 g/mol. The highest BCUT2D eigenvalue weighted by Gasteiger charge is 2.38. The lowest BCUT2D eigenvalue weighted by Crippen LogP contribution is -2.37. The van der Waals surface area contributed by atoms with Gasteiger partial charge in [0.05, 0.1) is 13.7 Å². The second kappa shape index (κ2) is 11.2. The summed E-state index contributed by atoms with van der Waals surface area (Å²) in [6.45, 7) is 3.14. The molecule has 3 aromatic rings. The van der Waals surface area contributed by atoms with Crippen LogP contribution in [0.1, 0.15) is 29.3 Å². The molecule has 4 rings (SSSR count). The number of phenolic OH excluding ortho intramolecular Hbond substituents is 1. The molecule has 0 spiro atoms. The lowest BCUT2D eigenvalue weighted by Gasteiger charge is -2.22. The Morgan fingerprint density at radius 1 is 1.08 bits per heavy atom. The molecular formula is C28H29FN2O5. The van der Waals surface area contributed by atoms with Crippen molar-refractivity contribution in [2.75, 3.05) is 20.3 Å². The summed E-state index contributed by atoms with van der Waals surface area (Å²) in [7, 11) is 1.35. The molecule has 1 amide bonds. The molecule has 2 N–H and O–H groups in total. The number of nitrogens with zero attached hydrogens (tertiary/aromatic N) is 1. The van der Waals surface area contributed by atoms with Crippen LogP contribution in [0.4, 0.5) is 4.39 Å². The predicted molar refractivity (Wildman–Crippen MR) is 133 cm³/mol. The fraction of sp³-hybridized carbons (Fsp3) is 0.286. The van der Waals surface area contributed by atoms with Gasteiger partial charge in [0.1, 0.15) is 11.9 Å². The van der Waals surface area contributed by atoms with E-state index in [0.29, 0.717) is 37.4 Å². The zero-order valence-corrected chi connectivity index (χ0v) is 20.2. The Morgan fingerprint density at radius 2 is 1.86 bits per heavy atom. The molecule has 0 bridgehead atoms. The summed E-state index contributed by atoms with van der Waals surface area (Å²) in [4.78, 5) is 27.3. The minimum atomic E-state index is -0.514. The molecule has 0 saturated carbocycles. The summed E-state index contributed by atoms with van der Waals surface area (Å²) < 4.78 is 24.0. The van der Waals surface area contributed by atoms with E-state index in [1.807, 2.05) is 17.9 Å². The number of halogens is 1. The SMILES string of the molecule is CCOc1cc(CN2C[C@H](NC(=O)c3ccc(-c4cccc(F)c4)cc3)C[C@H]2C(=O)OC)ccc1O. The highest BCUT2D eigenvalue weighted by atomic mass is 19.1. The second-order valence-corrected chi connectivity index (χ2v) is 8.70. The van der Waals surface area contributed by atoms with Gasteiger partial charge in [-0.1, -0.05) is 30.3 Å². The third-order valence-electron chi connectivity index (χ3n) is 6.23. The van der Waals surface area contributed by atoms with E-state index in [1.165, 1.54) is 19.2 Å². The van der Waals surface area contributed by atoms with E-state index in [-0.39, 0.29) is 29.5 Å². The predicted octanol–water partition coefficient (Wildman–Crippen LogP) is 4.14. The number of amides is 1. The molecule has 8 heteroatoms. The number of methoxy groups -OCH3 is 1. The van der Waals surface area contributed by atoms with Gasteiger partial charge in [-0.25, -0.2) is 4.39 Å². The van der Waals surface area contributed by atoms with Crippen LogP contribution < -0.4 is 10.1 Å². The zero-order valence-electron chi connectivity index (χ0n) is 20.2. The highest BCUT2D eigenvalue weighted by molar-refractivity contribution is 5.95. The van der Waals surface area contributed by atoms with Gasteiger partial charge in [-0.15, -0.1) is 0 Å². The number of carbonyl (C=O) groups excluding carboxylic acids is 2. The molecule has 0 radical (unpaired) electrons. The Kier molecular flexibility index (Phi) is 7.85. The number of nitrogens with one attached hydrogen (secondary N) is 1. The second-order valence-electron chi connectivity index (χ2n) is 8.70. The Labute approximate surface area is 209 Å². The summed E-state index contributed by atoms with van der Waals surface area (Å²) >= 11 is 0. The van der Waals surface area contributed by atoms with Crippen LogP contribution in [0.3, 0.4) is 0 Å². The van der Waals surface area contributed by atoms with Crippen LogP contribution in [0, 0.1) is 5.82 Å². The minimum absolute atomic E-state index is 0.0556. The summed E-state index contributed by atoms with van der Waals surface area (Å²) in [5, 5.41) is 13.0. The first-order valence-electron chi connectivity index (χ1n) is 11.8. The van der Waals surface area contributed by atoms with Crippen molar-refractivity contribution in [3.8, 4) is 22.6 Å². The molecule has 1 heterocycles. The van der Waals surface area contributed by atoms with E-state index < -0.39 is 6.04 Å². The highest BCUT2D eigenvalue weighted by Crippen LogP contribution is 2.29. The first-order valence-corrected chi connectivity index (χ1v) is 11.8. The number of hydrogen-bond donors (Lipinski definition) is 2.